The Morgan fingerprint density at radius 2 is 1.71 bits per heavy atom. The Bertz CT molecular complexity index is 983. The van der Waals surface area contributed by atoms with Gasteiger partial charge in [0.1, 0.15) is 6.04 Å². The van der Waals surface area contributed by atoms with Crippen LogP contribution < -0.4 is 10.2 Å². The first kappa shape index (κ1) is 21.6. The average molecular weight is 420 g/mol. The van der Waals surface area contributed by atoms with E-state index in [0.29, 0.717) is 11.5 Å². The van der Waals surface area contributed by atoms with E-state index >= 15 is 0 Å². The van der Waals surface area contributed by atoms with Gasteiger partial charge >= 0.3 is 0 Å². The van der Waals surface area contributed by atoms with E-state index in [4.69, 9.17) is 0 Å². The fourth-order valence-electron chi connectivity index (χ4n) is 4.96. The minimum Gasteiger partial charge on any atom is -0.340 e. The second kappa shape index (κ2) is 8.46. The first-order valence-electron chi connectivity index (χ1n) is 11.3. The topological polar surface area (TPSA) is 52.7 Å². The lowest BCUT2D eigenvalue weighted by Gasteiger charge is -2.38. The summed E-state index contributed by atoms with van der Waals surface area (Å²) in [5.41, 5.74) is 5.17. The number of carbonyl (C=O) groups is 2. The quantitative estimate of drug-likeness (QED) is 0.818. The van der Waals surface area contributed by atoms with Crippen molar-refractivity contribution >= 4 is 17.5 Å². The van der Waals surface area contributed by atoms with Gasteiger partial charge in [-0.15, -0.1) is 0 Å². The first-order valence-corrected chi connectivity index (χ1v) is 11.3. The van der Waals surface area contributed by atoms with E-state index in [1.54, 1.807) is 0 Å². The molecule has 5 nitrogen and oxygen atoms in total. The van der Waals surface area contributed by atoms with Crippen molar-refractivity contribution in [2.75, 3.05) is 25.0 Å². The van der Waals surface area contributed by atoms with Gasteiger partial charge in [0.25, 0.3) is 5.91 Å². The molecule has 1 N–H and O–H groups in total. The molecule has 0 spiro atoms. The lowest BCUT2D eigenvalue weighted by Crippen LogP contribution is -2.55. The third-order valence-electron chi connectivity index (χ3n) is 6.72. The number of amides is 2. The van der Waals surface area contributed by atoms with Crippen LogP contribution in [0.5, 0.6) is 0 Å². The number of likely N-dealkylation sites (N-methyl/N-ethyl adjacent to an activating group) is 1. The number of carbonyl (C=O) groups excluding carboxylic acids is 2. The van der Waals surface area contributed by atoms with Crippen molar-refractivity contribution in [3.8, 4) is 0 Å². The summed E-state index contributed by atoms with van der Waals surface area (Å²) in [6.07, 6.45) is 0.942. The fraction of sp³-hybridized carbons (Fsp3) is 0.462. The lowest BCUT2D eigenvalue weighted by molar-refractivity contribution is -0.122. The zero-order chi connectivity index (χ0) is 22.3. The second-order valence-corrected chi connectivity index (χ2v) is 9.56. The number of nitrogens with one attached hydrogen (secondary N) is 1. The number of benzene rings is 2. The van der Waals surface area contributed by atoms with Gasteiger partial charge in [0.2, 0.25) is 5.91 Å². The third kappa shape index (κ3) is 4.11. The smallest absolute Gasteiger partial charge is 0.251 e. The molecule has 0 saturated carbocycles. The molecule has 0 bridgehead atoms. The van der Waals surface area contributed by atoms with Gasteiger partial charge in [0.15, 0.2) is 0 Å². The van der Waals surface area contributed by atoms with Crippen LogP contribution in [0.4, 0.5) is 5.69 Å². The predicted octanol–water partition coefficient (Wildman–Crippen LogP) is 3.89. The highest BCUT2D eigenvalue weighted by Crippen LogP contribution is 2.45. The number of fused-ring (bicyclic) bond motifs is 3. The Balaban J connectivity index is 1.64. The van der Waals surface area contributed by atoms with Gasteiger partial charge in [-0.25, -0.2) is 0 Å². The molecule has 2 heterocycles. The van der Waals surface area contributed by atoms with Crippen molar-refractivity contribution in [2.45, 2.75) is 52.1 Å². The minimum atomic E-state index is -0.568. The zero-order valence-electron chi connectivity index (χ0n) is 19.2. The monoisotopic (exact) mass is 419 g/mol. The molecular weight excluding hydrogens is 386 g/mol. The highest BCUT2D eigenvalue weighted by atomic mass is 16.2. The van der Waals surface area contributed by atoms with Gasteiger partial charge in [-0.1, -0.05) is 49.2 Å². The molecule has 0 unspecified atom stereocenters. The zero-order valence-corrected chi connectivity index (χ0v) is 19.2. The number of likely N-dealkylation sites (tertiary alicyclic amines) is 1. The number of piperidine rings is 1. The van der Waals surface area contributed by atoms with Gasteiger partial charge in [0, 0.05) is 29.8 Å². The van der Waals surface area contributed by atoms with E-state index in [9.17, 15) is 9.59 Å². The number of hydrogen-bond donors (Lipinski definition) is 1. The molecule has 2 aromatic rings. The molecule has 3 atom stereocenters. The van der Waals surface area contributed by atoms with Crippen LogP contribution in [0.1, 0.15) is 53.2 Å². The highest BCUT2D eigenvalue weighted by Gasteiger charge is 2.46. The molecule has 2 aliphatic rings. The van der Waals surface area contributed by atoms with Crippen molar-refractivity contribution in [2.24, 2.45) is 5.92 Å². The van der Waals surface area contributed by atoms with Gasteiger partial charge in [-0.3, -0.25) is 9.59 Å². The number of aryl methyl sites for hydroxylation is 2. The summed E-state index contributed by atoms with van der Waals surface area (Å²) in [5.74, 6) is 0.104. The molecule has 2 aliphatic heterocycles. The molecule has 2 amide bonds. The summed E-state index contributed by atoms with van der Waals surface area (Å²) in [4.78, 5) is 31.1. The fourth-order valence-corrected chi connectivity index (χ4v) is 4.96. The van der Waals surface area contributed by atoms with E-state index in [1.165, 1.54) is 11.1 Å². The molecule has 0 radical (unpaired) electrons. The van der Waals surface area contributed by atoms with Crippen LogP contribution in [0.3, 0.4) is 0 Å². The highest BCUT2D eigenvalue weighted by molar-refractivity contribution is 6.04. The van der Waals surface area contributed by atoms with Crippen LogP contribution in [0.2, 0.25) is 0 Å². The maximum absolute atomic E-state index is 13.9. The van der Waals surface area contributed by atoms with Gasteiger partial charge < -0.3 is 15.1 Å². The summed E-state index contributed by atoms with van der Waals surface area (Å²) >= 11 is 0. The molecule has 0 aromatic heterocycles. The third-order valence-corrected chi connectivity index (χ3v) is 6.72. The summed E-state index contributed by atoms with van der Waals surface area (Å²) in [5, 5.41) is 3.03. The predicted molar refractivity (Wildman–Crippen MR) is 125 cm³/mol. The number of hydrogen-bond acceptors (Lipinski definition) is 3. The number of anilines is 1. The number of rotatable bonds is 4. The summed E-state index contributed by atoms with van der Waals surface area (Å²) in [6, 6.07) is 13.4. The van der Waals surface area contributed by atoms with Crippen molar-refractivity contribution < 1.29 is 9.59 Å². The van der Waals surface area contributed by atoms with E-state index < -0.39 is 6.04 Å². The van der Waals surface area contributed by atoms with E-state index in [0.717, 1.165) is 30.8 Å². The van der Waals surface area contributed by atoms with Crippen LogP contribution in [0, 0.1) is 19.8 Å². The van der Waals surface area contributed by atoms with Crippen LogP contribution in [-0.2, 0) is 4.79 Å². The van der Waals surface area contributed by atoms with Crippen molar-refractivity contribution in [3.05, 3.63) is 64.7 Å². The maximum Gasteiger partial charge on any atom is 0.251 e. The Morgan fingerprint density at radius 1 is 1.03 bits per heavy atom. The largest absolute Gasteiger partial charge is 0.340 e. The van der Waals surface area contributed by atoms with Crippen molar-refractivity contribution in [1.82, 2.24) is 10.2 Å². The van der Waals surface area contributed by atoms with Crippen LogP contribution in [0.15, 0.2) is 42.5 Å². The Labute approximate surface area is 185 Å². The van der Waals surface area contributed by atoms with E-state index in [-0.39, 0.29) is 23.8 Å². The standard InChI is InChI=1S/C26H33N3O2/c1-16(2)24(27-25(30)19-9-6-17(3)7-10-19)26(31)29-22-11-8-18(4)14-20(22)21-15-28(5)13-12-23(21)29/h6-11,14,16,21,23-24H,12-13,15H2,1-5H3,(H,27,30)/t21-,23-,24-/m0/s1. The normalized spacial score (nSPS) is 21.5. The Hall–Kier alpha value is -2.66. The molecule has 5 heteroatoms. The van der Waals surface area contributed by atoms with Crippen LogP contribution in [-0.4, -0.2) is 48.9 Å². The van der Waals surface area contributed by atoms with Gasteiger partial charge in [-0.05, 0) is 63.5 Å². The van der Waals surface area contributed by atoms with Gasteiger partial charge in [-0.2, -0.15) is 0 Å². The maximum atomic E-state index is 13.9. The van der Waals surface area contributed by atoms with E-state index in [2.05, 4.69) is 42.4 Å². The summed E-state index contributed by atoms with van der Waals surface area (Å²) in [7, 11) is 2.15. The van der Waals surface area contributed by atoms with E-state index in [1.807, 2.05) is 49.9 Å². The minimum absolute atomic E-state index is 0.00221. The molecule has 4 rings (SSSR count). The average Bonchev–Trinajstić information content (AvgIpc) is 3.04. The van der Waals surface area contributed by atoms with Crippen LogP contribution in [0.25, 0.3) is 0 Å². The molecule has 1 saturated heterocycles. The lowest BCUT2D eigenvalue weighted by atomic mass is 9.88. The Morgan fingerprint density at radius 3 is 2.39 bits per heavy atom. The first-order chi connectivity index (χ1) is 14.8. The van der Waals surface area contributed by atoms with Crippen molar-refractivity contribution in [3.63, 3.8) is 0 Å². The van der Waals surface area contributed by atoms with Crippen LogP contribution >= 0.6 is 0 Å². The molecule has 164 valence electrons. The number of nitrogens with zero attached hydrogens (tertiary/aromatic N) is 2. The molecular formula is C26H33N3O2. The molecule has 31 heavy (non-hydrogen) atoms. The van der Waals surface area contributed by atoms with Gasteiger partial charge in [0.05, 0.1) is 0 Å². The molecule has 0 aliphatic carbocycles. The molecule has 1 fully saturated rings. The SMILES string of the molecule is Cc1ccc(C(=O)N[C@H](C(=O)N2c3ccc(C)cc3[C@@H]3CN(C)CC[C@@H]32)C(C)C)cc1. The summed E-state index contributed by atoms with van der Waals surface area (Å²) < 4.78 is 0. The Kier molecular flexibility index (Phi) is 5.89. The second-order valence-electron chi connectivity index (χ2n) is 9.56. The van der Waals surface area contributed by atoms with Crippen molar-refractivity contribution in [1.29, 1.82) is 0 Å². The summed E-state index contributed by atoms with van der Waals surface area (Å²) in [6.45, 7) is 10.0. The molecule has 2 aromatic carbocycles.